The first-order chi connectivity index (χ1) is 10.6. The molecule has 2 aromatic rings. The van der Waals surface area contributed by atoms with Crippen molar-refractivity contribution in [1.29, 1.82) is 0 Å². The molecule has 1 aromatic carbocycles. The molecule has 22 heavy (non-hydrogen) atoms. The molecule has 1 atom stereocenters. The van der Waals surface area contributed by atoms with Crippen LogP contribution in [0.3, 0.4) is 0 Å². The number of hydrogen-bond donors (Lipinski definition) is 2. The van der Waals surface area contributed by atoms with Gasteiger partial charge in [-0.05, 0) is 25.3 Å². The molecule has 0 saturated heterocycles. The highest BCUT2D eigenvalue weighted by atomic mass is 16.3. The minimum absolute atomic E-state index is 0.479. The fourth-order valence-electron chi connectivity index (χ4n) is 2.83. The topological polar surface area (TPSA) is 50.1 Å². The third-order valence-electron chi connectivity index (χ3n) is 4.13. The van der Waals surface area contributed by atoms with Crippen molar-refractivity contribution < 1.29 is 5.11 Å². The Kier molecular flexibility index (Phi) is 5.75. The fraction of sp³-hybridized carbons (Fsp3) is 0.500. The van der Waals surface area contributed by atoms with Gasteiger partial charge in [-0.15, -0.1) is 0 Å². The van der Waals surface area contributed by atoms with Gasteiger partial charge in [0.2, 0.25) is 0 Å². The third-order valence-corrected chi connectivity index (χ3v) is 4.13. The van der Waals surface area contributed by atoms with Gasteiger partial charge >= 0.3 is 0 Å². The lowest BCUT2D eigenvalue weighted by Gasteiger charge is -2.13. The van der Waals surface area contributed by atoms with Crippen molar-refractivity contribution in [2.75, 3.05) is 6.54 Å². The second-order valence-electron chi connectivity index (χ2n) is 5.76. The molecule has 0 aliphatic carbocycles. The van der Waals surface area contributed by atoms with Crippen LogP contribution >= 0.6 is 0 Å². The standard InChI is InChI=1S/C18H27N3O/c1-5-16-15(17(6-2)21(4)20-16)11-19-12-18(22)14-9-7-13(3)8-10-14/h7-10,18-19,22H,5-6,11-12H2,1-4H3. The average molecular weight is 301 g/mol. The second kappa shape index (κ2) is 7.56. The van der Waals surface area contributed by atoms with Crippen LogP contribution in [0.5, 0.6) is 0 Å². The molecule has 0 fully saturated rings. The fourth-order valence-corrected chi connectivity index (χ4v) is 2.83. The van der Waals surface area contributed by atoms with Crippen LogP contribution in [0.25, 0.3) is 0 Å². The van der Waals surface area contributed by atoms with Gasteiger partial charge in [0.15, 0.2) is 0 Å². The van der Waals surface area contributed by atoms with Crippen molar-refractivity contribution in [1.82, 2.24) is 15.1 Å². The van der Waals surface area contributed by atoms with E-state index >= 15 is 0 Å². The molecular formula is C18H27N3O. The Morgan fingerprint density at radius 2 is 1.86 bits per heavy atom. The summed E-state index contributed by atoms with van der Waals surface area (Å²) in [5.74, 6) is 0. The van der Waals surface area contributed by atoms with E-state index in [0.717, 1.165) is 30.6 Å². The van der Waals surface area contributed by atoms with Crippen molar-refractivity contribution in [3.63, 3.8) is 0 Å². The Morgan fingerprint density at radius 1 is 1.18 bits per heavy atom. The smallest absolute Gasteiger partial charge is 0.0914 e. The lowest BCUT2D eigenvalue weighted by Crippen LogP contribution is -2.22. The minimum Gasteiger partial charge on any atom is -0.387 e. The van der Waals surface area contributed by atoms with Gasteiger partial charge < -0.3 is 10.4 Å². The largest absolute Gasteiger partial charge is 0.387 e. The van der Waals surface area contributed by atoms with E-state index in [1.54, 1.807) is 0 Å². The molecule has 0 radical (unpaired) electrons. The van der Waals surface area contributed by atoms with Crippen LogP contribution < -0.4 is 5.32 Å². The molecule has 4 nitrogen and oxygen atoms in total. The van der Waals surface area contributed by atoms with Crippen LogP contribution in [0, 0.1) is 6.92 Å². The van der Waals surface area contributed by atoms with Gasteiger partial charge in [0, 0.05) is 31.4 Å². The first kappa shape index (κ1) is 16.7. The summed E-state index contributed by atoms with van der Waals surface area (Å²) < 4.78 is 1.98. The Labute approximate surface area is 133 Å². The predicted molar refractivity (Wildman–Crippen MR) is 89.8 cm³/mol. The van der Waals surface area contributed by atoms with Gasteiger partial charge in [0.05, 0.1) is 11.8 Å². The quantitative estimate of drug-likeness (QED) is 0.826. The number of aliphatic hydroxyl groups excluding tert-OH is 1. The summed E-state index contributed by atoms with van der Waals surface area (Å²) in [6, 6.07) is 8.04. The number of benzene rings is 1. The maximum atomic E-state index is 10.3. The van der Waals surface area contributed by atoms with Crippen LogP contribution in [0.2, 0.25) is 0 Å². The normalized spacial score (nSPS) is 12.6. The Morgan fingerprint density at radius 3 is 2.45 bits per heavy atom. The Hall–Kier alpha value is -1.65. The van der Waals surface area contributed by atoms with Crippen molar-refractivity contribution in [3.8, 4) is 0 Å². The van der Waals surface area contributed by atoms with Gasteiger partial charge in [0.1, 0.15) is 0 Å². The average Bonchev–Trinajstić information content (AvgIpc) is 2.83. The van der Waals surface area contributed by atoms with Crippen molar-refractivity contribution in [2.24, 2.45) is 7.05 Å². The molecule has 2 rings (SSSR count). The highest BCUT2D eigenvalue weighted by Gasteiger charge is 2.14. The van der Waals surface area contributed by atoms with Gasteiger partial charge in [0.25, 0.3) is 0 Å². The molecule has 0 saturated carbocycles. The number of aliphatic hydroxyl groups is 1. The molecule has 0 bridgehead atoms. The summed E-state index contributed by atoms with van der Waals surface area (Å²) in [4.78, 5) is 0. The number of hydrogen-bond acceptors (Lipinski definition) is 3. The number of rotatable bonds is 7. The maximum absolute atomic E-state index is 10.3. The van der Waals surface area contributed by atoms with E-state index in [0.29, 0.717) is 6.54 Å². The van der Waals surface area contributed by atoms with E-state index in [1.165, 1.54) is 16.8 Å². The van der Waals surface area contributed by atoms with Crippen LogP contribution in [-0.2, 0) is 26.4 Å². The lowest BCUT2D eigenvalue weighted by molar-refractivity contribution is 0.174. The highest BCUT2D eigenvalue weighted by molar-refractivity contribution is 5.27. The monoisotopic (exact) mass is 301 g/mol. The van der Waals surface area contributed by atoms with Crippen LogP contribution in [0.1, 0.15) is 48.0 Å². The molecule has 4 heteroatoms. The summed E-state index contributed by atoms with van der Waals surface area (Å²) >= 11 is 0. The number of nitrogens with one attached hydrogen (secondary N) is 1. The second-order valence-corrected chi connectivity index (χ2v) is 5.76. The molecular weight excluding hydrogens is 274 g/mol. The molecule has 0 amide bonds. The van der Waals surface area contributed by atoms with Gasteiger partial charge in [-0.1, -0.05) is 43.7 Å². The summed E-state index contributed by atoms with van der Waals surface area (Å²) in [6.45, 7) is 7.64. The van der Waals surface area contributed by atoms with E-state index in [1.807, 2.05) is 36.0 Å². The number of nitrogens with zero attached hydrogens (tertiary/aromatic N) is 2. The molecule has 1 unspecified atom stereocenters. The zero-order valence-electron chi connectivity index (χ0n) is 14.1. The van der Waals surface area contributed by atoms with Crippen LogP contribution in [0.4, 0.5) is 0 Å². The maximum Gasteiger partial charge on any atom is 0.0914 e. The summed E-state index contributed by atoms with van der Waals surface area (Å²) in [5, 5.41) is 18.2. The molecule has 120 valence electrons. The Bertz CT molecular complexity index is 602. The predicted octanol–water partition coefficient (Wildman–Crippen LogP) is 2.68. The molecule has 1 aromatic heterocycles. The van der Waals surface area contributed by atoms with Crippen molar-refractivity contribution in [2.45, 2.75) is 46.3 Å². The van der Waals surface area contributed by atoms with Gasteiger partial charge in [-0.2, -0.15) is 5.10 Å². The molecule has 0 spiro atoms. The van der Waals surface area contributed by atoms with Gasteiger partial charge in [-0.3, -0.25) is 4.68 Å². The highest BCUT2D eigenvalue weighted by Crippen LogP contribution is 2.16. The van der Waals surface area contributed by atoms with Crippen molar-refractivity contribution in [3.05, 3.63) is 52.3 Å². The third kappa shape index (κ3) is 3.76. The summed E-state index contributed by atoms with van der Waals surface area (Å²) in [7, 11) is 2.00. The SMILES string of the molecule is CCc1nn(C)c(CC)c1CNCC(O)c1ccc(C)cc1. The van der Waals surface area contributed by atoms with E-state index in [2.05, 4.69) is 31.2 Å². The molecule has 0 aliphatic heterocycles. The summed E-state index contributed by atoms with van der Waals surface area (Å²) in [6.07, 6.45) is 1.43. The molecule has 1 heterocycles. The number of aryl methyl sites for hydroxylation is 3. The van der Waals surface area contributed by atoms with E-state index in [4.69, 9.17) is 0 Å². The molecule has 2 N–H and O–H groups in total. The zero-order chi connectivity index (χ0) is 16.1. The van der Waals surface area contributed by atoms with E-state index in [9.17, 15) is 5.11 Å². The number of aromatic nitrogens is 2. The van der Waals surface area contributed by atoms with Crippen LogP contribution in [0.15, 0.2) is 24.3 Å². The van der Waals surface area contributed by atoms with Crippen LogP contribution in [-0.4, -0.2) is 21.4 Å². The Balaban J connectivity index is 1.97. The lowest BCUT2D eigenvalue weighted by atomic mass is 10.1. The zero-order valence-corrected chi connectivity index (χ0v) is 14.1. The first-order valence-electron chi connectivity index (χ1n) is 8.05. The van der Waals surface area contributed by atoms with E-state index in [-0.39, 0.29) is 0 Å². The minimum atomic E-state index is -0.479. The van der Waals surface area contributed by atoms with Gasteiger partial charge in [-0.25, -0.2) is 0 Å². The van der Waals surface area contributed by atoms with E-state index < -0.39 is 6.10 Å². The first-order valence-corrected chi connectivity index (χ1v) is 8.05. The molecule has 0 aliphatic rings. The summed E-state index contributed by atoms with van der Waals surface area (Å²) in [5.41, 5.74) is 5.87. The van der Waals surface area contributed by atoms with Crippen molar-refractivity contribution >= 4 is 0 Å².